The van der Waals surface area contributed by atoms with Crippen molar-refractivity contribution in [2.45, 2.75) is 76.7 Å². The highest BCUT2D eigenvalue weighted by Crippen LogP contribution is 2.26. The largest absolute Gasteiger partial charge is 0.471 e. The Morgan fingerprint density at radius 1 is 1.15 bits per heavy atom. The van der Waals surface area contributed by atoms with Gasteiger partial charge in [0.25, 0.3) is 0 Å². The first-order valence-corrected chi connectivity index (χ1v) is 9.45. The molecule has 0 unspecified atom stereocenters. The van der Waals surface area contributed by atoms with Crippen LogP contribution in [0.5, 0.6) is 0 Å². The molecule has 154 valence electrons. The highest BCUT2D eigenvalue weighted by Gasteiger charge is 2.38. The van der Waals surface area contributed by atoms with Gasteiger partial charge in [-0.05, 0) is 43.2 Å². The first kappa shape index (κ1) is 23.4. The summed E-state index contributed by atoms with van der Waals surface area (Å²) in [6.07, 6.45) is -1.34. The molecule has 7 heteroatoms. The van der Waals surface area contributed by atoms with Crippen molar-refractivity contribution >= 4 is 5.91 Å². The lowest BCUT2D eigenvalue weighted by molar-refractivity contribution is -0.173. The highest BCUT2D eigenvalue weighted by molar-refractivity contribution is 5.81. The average molecular weight is 389 g/mol. The van der Waals surface area contributed by atoms with Crippen LogP contribution >= 0.6 is 0 Å². The van der Waals surface area contributed by atoms with Crippen LogP contribution in [0.25, 0.3) is 0 Å². The molecule has 0 radical (unpaired) electrons. The van der Waals surface area contributed by atoms with E-state index in [0.29, 0.717) is 18.4 Å². The van der Waals surface area contributed by atoms with Crippen molar-refractivity contribution in [1.82, 2.24) is 5.32 Å². The van der Waals surface area contributed by atoms with Gasteiger partial charge in [0.15, 0.2) is 0 Å². The summed E-state index contributed by atoms with van der Waals surface area (Å²) in [5.41, 5.74) is 0.847. The number of rotatable bonds is 11. The van der Waals surface area contributed by atoms with Crippen molar-refractivity contribution in [2.24, 2.45) is 0 Å². The van der Waals surface area contributed by atoms with Crippen molar-refractivity contribution in [3.05, 3.63) is 35.4 Å². The lowest BCUT2D eigenvalue weighted by Gasteiger charge is -2.27. The topological polar surface area (TPSA) is 69.6 Å². The van der Waals surface area contributed by atoms with Crippen molar-refractivity contribution in [3.63, 3.8) is 0 Å². The van der Waals surface area contributed by atoms with Gasteiger partial charge in [0, 0.05) is 6.54 Å². The molecule has 1 aromatic carbocycles. The van der Waals surface area contributed by atoms with Gasteiger partial charge in [-0.25, -0.2) is 0 Å². The van der Waals surface area contributed by atoms with Gasteiger partial charge in [0.2, 0.25) is 0 Å². The van der Waals surface area contributed by atoms with E-state index in [1.54, 1.807) is 23.5 Å². The molecule has 0 heterocycles. The third kappa shape index (κ3) is 8.30. The molecule has 3 N–H and O–H groups in total. The molecule has 1 atom stereocenters. The lowest BCUT2D eigenvalue weighted by Crippen LogP contribution is -2.37. The van der Waals surface area contributed by atoms with Gasteiger partial charge in [0.1, 0.15) is 0 Å². The van der Waals surface area contributed by atoms with E-state index in [9.17, 15) is 28.2 Å². The smallest absolute Gasteiger partial charge is 0.390 e. The molecule has 0 bridgehead atoms. The Bertz CT molecular complexity index is 584. The van der Waals surface area contributed by atoms with E-state index in [1.165, 1.54) is 0 Å². The molecule has 0 saturated heterocycles. The number of aliphatic hydroxyl groups excluding tert-OH is 1. The summed E-state index contributed by atoms with van der Waals surface area (Å²) in [5.74, 6) is -2.01. The van der Waals surface area contributed by atoms with Gasteiger partial charge in [0.05, 0.1) is 11.7 Å². The van der Waals surface area contributed by atoms with Crippen LogP contribution in [0.15, 0.2) is 24.3 Å². The standard InChI is InChI=1S/C20H30F3NO3/c1-3-10-19(27,11-4-2)12-8-15-6-5-7-16(14-15)17(25)9-13-24-18(26)20(21,22)23/h5-7,14,17,25,27H,3-4,8-13H2,1-2H3,(H,24,26)/t17-/m0/s1. The molecule has 0 spiro atoms. The maximum absolute atomic E-state index is 12.1. The maximum Gasteiger partial charge on any atom is 0.471 e. The van der Waals surface area contributed by atoms with Gasteiger partial charge >= 0.3 is 12.1 Å². The van der Waals surface area contributed by atoms with E-state index < -0.39 is 23.8 Å². The molecular formula is C20H30F3NO3. The Morgan fingerprint density at radius 2 is 1.78 bits per heavy atom. The first-order valence-electron chi connectivity index (χ1n) is 9.45. The minimum absolute atomic E-state index is 0.0130. The van der Waals surface area contributed by atoms with Crippen LogP contribution in [0.3, 0.4) is 0 Å². The predicted octanol–water partition coefficient (Wildman–Crippen LogP) is 4.05. The number of benzene rings is 1. The zero-order valence-corrected chi connectivity index (χ0v) is 16.0. The average Bonchev–Trinajstić information content (AvgIpc) is 2.60. The number of carbonyl (C=O) groups excluding carboxylic acids is 1. The summed E-state index contributed by atoms with van der Waals surface area (Å²) in [5, 5.41) is 22.6. The summed E-state index contributed by atoms with van der Waals surface area (Å²) in [6.45, 7) is 3.81. The third-order valence-corrected chi connectivity index (χ3v) is 4.61. The molecule has 1 rings (SSSR count). The zero-order chi connectivity index (χ0) is 20.5. The summed E-state index contributed by atoms with van der Waals surface area (Å²) < 4.78 is 36.4. The normalized spacial score (nSPS) is 13.4. The second-order valence-electron chi connectivity index (χ2n) is 7.03. The van der Waals surface area contributed by atoms with Gasteiger partial charge in [-0.1, -0.05) is 51.0 Å². The minimum Gasteiger partial charge on any atom is -0.390 e. The van der Waals surface area contributed by atoms with Crippen LogP contribution in [-0.4, -0.2) is 34.4 Å². The molecule has 0 fully saturated rings. The van der Waals surface area contributed by atoms with Gasteiger partial charge in [-0.3, -0.25) is 4.79 Å². The van der Waals surface area contributed by atoms with Gasteiger partial charge < -0.3 is 15.5 Å². The molecule has 0 aliphatic carbocycles. The molecule has 1 amide bonds. The second-order valence-corrected chi connectivity index (χ2v) is 7.03. The quantitative estimate of drug-likeness (QED) is 0.535. The Balaban J connectivity index is 2.60. The molecule has 0 aromatic heterocycles. The van der Waals surface area contributed by atoms with Crippen LogP contribution in [0, 0.1) is 0 Å². The molecule has 0 saturated carbocycles. The van der Waals surface area contributed by atoms with Crippen LogP contribution in [0.4, 0.5) is 13.2 Å². The van der Waals surface area contributed by atoms with E-state index in [1.807, 2.05) is 19.9 Å². The van der Waals surface area contributed by atoms with Gasteiger partial charge in [-0.2, -0.15) is 13.2 Å². The molecule has 0 aliphatic heterocycles. The summed E-state index contributed by atoms with van der Waals surface area (Å²) in [6, 6.07) is 7.18. The number of amides is 1. The molecule has 4 nitrogen and oxygen atoms in total. The number of carbonyl (C=O) groups is 1. The monoisotopic (exact) mass is 389 g/mol. The first-order chi connectivity index (χ1) is 12.6. The van der Waals surface area contributed by atoms with Crippen molar-refractivity contribution < 1.29 is 28.2 Å². The number of aliphatic hydroxyl groups is 2. The Kier molecular flexibility index (Phi) is 9.26. The fourth-order valence-electron chi connectivity index (χ4n) is 3.23. The van der Waals surface area contributed by atoms with Crippen molar-refractivity contribution in [1.29, 1.82) is 0 Å². The molecular weight excluding hydrogens is 359 g/mol. The fraction of sp³-hybridized carbons (Fsp3) is 0.650. The fourth-order valence-corrected chi connectivity index (χ4v) is 3.23. The number of halogens is 3. The number of nitrogens with one attached hydrogen (secondary N) is 1. The SMILES string of the molecule is CCCC(O)(CCC)CCc1cccc([C@@H](O)CCNC(=O)C(F)(F)F)c1. The Morgan fingerprint density at radius 3 is 2.33 bits per heavy atom. The second kappa shape index (κ2) is 10.7. The summed E-state index contributed by atoms with van der Waals surface area (Å²) in [4.78, 5) is 10.8. The molecule has 0 aliphatic rings. The van der Waals surface area contributed by atoms with Crippen molar-refractivity contribution in [3.8, 4) is 0 Å². The van der Waals surface area contributed by atoms with E-state index >= 15 is 0 Å². The van der Waals surface area contributed by atoms with Crippen LogP contribution in [0.1, 0.15) is 69.6 Å². The number of aryl methyl sites for hydroxylation is 1. The number of alkyl halides is 3. The van der Waals surface area contributed by atoms with Gasteiger partial charge in [-0.15, -0.1) is 0 Å². The van der Waals surface area contributed by atoms with Crippen molar-refractivity contribution in [2.75, 3.05) is 6.54 Å². The van der Waals surface area contributed by atoms with E-state index in [-0.39, 0.29) is 13.0 Å². The summed E-state index contributed by atoms with van der Waals surface area (Å²) in [7, 11) is 0. The van der Waals surface area contributed by atoms with E-state index in [4.69, 9.17) is 0 Å². The lowest BCUT2D eigenvalue weighted by atomic mass is 9.86. The molecule has 1 aromatic rings. The predicted molar refractivity (Wildman–Crippen MR) is 98.2 cm³/mol. The Hall–Kier alpha value is -1.60. The highest BCUT2D eigenvalue weighted by atomic mass is 19.4. The third-order valence-electron chi connectivity index (χ3n) is 4.61. The number of hydrogen-bond donors (Lipinski definition) is 3. The van der Waals surface area contributed by atoms with Crippen LogP contribution < -0.4 is 5.32 Å². The maximum atomic E-state index is 12.1. The van der Waals surface area contributed by atoms with Crippen LogP contribution in [-0.2, 0) is 11.2 Å². The minimum atomic E-state index is -4.92. The summed E-state index contributed by atoms with van der Waals surface area (Å²) >= 11 is 0. The molecule has 27 heavy (non-hydrogen) atoms. The zero-order valence-electron chi connectivity index (χ0n) is 16.0. The van der Waals surface area contributed by atoms with E-state index in [0.717, 1.165) is 31.2 Å². The Labute approximate surface area is 158 Å². The number of hydrogen-bond acceptors (Lipinski definition) is 3. The van der Waals surface area contributed by atoms with Crippen LogP contribution in [0.2, 0.25) is 0 Å². The van der Waals surface area contributed by atoms with E-state index in [2.05, 4.69) is 0 Å².